The number of hydrogen-bond donors (Lipinski definition) is 3. The highest BCUT2D eigenvalue weighted by Crippen LogP contribution is 2.07. The van der Waals surface area contributed by atoms with Crippen LogP contribution in [0.2, 0.25) is 0 Å². The highest BCUT2D eigenvalue weighted by Gasteiger charge is 2.29. The Balaban J connectivity index is 2.76. The van der Waals surface area contributed by atoms with Crippen LogP contribution >= 0.6 is 0 Å². The molecule has 1 amide bonds. The molecular weight excluding hydrogens is 170 g/mol. The summed E-state index contributed by atoms with van der Waals surface area (Å²) in [7, 11) is 0. The summed E-state index contributed by atoms with van der Waals surface area (Å²) in [6.07, 6.45) is 0.696. The minimum Gasteiger partial charge on any atom is -0.368 e. The zero-order chi connectivity index (χ0) is 9.84. The first-order valence-electron chi connectivity index (χ1n) is 4.28. The fraction of sp³-hybridized carbons (Fsp3) is 0.714. The van der Waals surface area contributed by atoms with Crippen LogP contribution in [0.1, 0.15) is 13.3 Å². The molecule has 5 N–H and O–H groups in total. The molecule has 0 radical (unpaired) electrons. The Morgan fingerprint density at radius 2 is 2.54 bits per heavy atom. The van der Waals surface area contributed by atoms with Gasteiger partial charge in [-0.25, -0.2) is 0 Å². The molecular formula is C7H15N5O. The van der Waals surface area contributed by atoms with Crippen LogP contribution in [0.15, 0.2) is 5.10 Å². The fourth-order valence-corrected chi connectivity index (χ4v) is 1.47. The first-order chi connectivity index (χ1) is 6.20. The van der Waals surface area contributed by atoms with Crippen molar-refractivity contribution in [3.05, 3.63) is 0 Å². The van der Waals surface area contributed by atoms with E-state index in [0.29, 0.717) is 19.5 Å². The molecule has 6 nitrogen and oxygen atoms in total. The van der Waals surface area contributed by atoms with Crippen molar-refractivity contribution in [2.75, 3.05) is 13.1 Å². The molecule has 1 atom stereocenters. The van der Waals surface area contributed by atoms with E-state index in [2.05, 4.69) is 10.4 Å². The molecule has 1 saturated heterocycles. The number of hydrazone groups is 1. The molecule has 0 aromatic heterocycles. The van der Waals surface area contributed by atoms with Crippen LogP contribution in [-0.4, -0.2) is 35.9 Å². The van der Waals surface area contributed by atoms with Gasteiger partial charge in [0.05, 0.1) is 0 Å². The Hall–Kier alpha value is -1.46. The van der Waals surface area contributed by atoms with Crippen LogP contribution in [0, 0.1) is 0 Å². The average molecular weight is 185 g/mol. The summed E-state index contributed by atoms with van der Waals surface area (Å²) >= 11 is 0. The van der Waals surface area contributed by atoms with E-state index in [4.69, 9.17) is 11.6 Å². The largest absolute Gasteiger partial charge is 0.368 e. The van der Waals surface area contributed by atoms with Gasteiger partial charge in [0, 0.05) is 13.1 Å². The Morgan fingerprint density at radius 1 is 1.85 bits per heavy atom. The van der Waals surface area contributed by atoms with E-state index >= 15 is 0 Å². The highest BCUT2D eigenvalue weighted by molar-refractivity contribution is 5.89. The Morgan fingerprint density at radius 3 is 3.08 bits per heavy atom. The van der Waals surface area contributed by atoms with Crippen LogP contribution in [0.5, 0.6) is 0 Å². The van der Waals surface area contributed by atoms with E-state index in [1.54, 1.807) is 4.90 Å². The van der Waals surface area contributed by atoms with Crippen LogP contribution in [-0.2, 0) is 4.79 Å². The number of amides is 1. The molecule has 1 aliphatic heterocycles. The maximum absolute atomic E-state index is 11.4. The van der Waals surface area contributed by atoms with Crippen molar-refractivity contribution in [1.82, 2.24) is 10.2 Å². The Labute approximate surface area is 76.9 Å². The molecule has 0 aliphatic carbocycles. The zero-order valence-electron chi connectivity index (χ0n) is 7.66. The van der Waals surface area contributed by atoms with Gasteiger partial charge >= 0.3 is 0 Å². The van der Waals surface area contributed by atoms with Gasteiger partial charge in [-0.3, -0.25) is 4.79 Å². The number of nitrogens with two attached hydrogens (primary N) is 2. The molecule has 1 fully saturated rings. The standard InChI is InChI=1S/C7H15N5O/c1-2-5-6(13)10-3-4-12(5)7(8)11-9/h5H,2-4,9H2,1H3,(H2,8,11)(H,10,13). The maximum atomic E-state index is 11.4. The number of nitrogens with one attached hydrogen (secondary N) is 1. The number of nitrogens with zero attached hydrogens (tertiary/aromatic N) is 2. The lowest BCUT2D eigenvalue weighted by molar-refractivity contribution is -0.127. The number of piperazine rings is 1. The lowest BCUT2D eigenvalue weighted by atomic mass is 10.1. The number of rotatable bonds is 1. The predicted molar refractivity (Wildman–Crippen MR) is 49.6 cm³/mol. The second kappa shape index (κ2) is 3.97. The minimum atomic E-state index is -0.235. The van der Waals surface area contributed by atoms with Gasteiger partial charge in [0.2, 0.25) is 11.9 Å². The second-order valence-electron chi connectivity index (χ2n) is 2.90. The van der Waals surface area contributed by atoms with Gasteiger partial charge in [0.15, 0.2) is 0 Å². The van der Waals surface area contributed by atoms with Gasteiger partial charge in [0.25, 0.3) is 0 Å². The molecule has 0 saturated carbocycles. The summed E-state index contributed by atoms with van der Waals surface area (Å²) in [5, 5.41) is 6.15. The minimum absolute atomic E-state index is 0.0136. The molecule has 1 heterocycles. The zero-order valence-corrected chi connectivity index (χ0v) is 7.66. The molecule has 1 unspecified atom stereocenters. The van der Waals surface area contributed by atoms with Crippen LogP contribution in [0.4, 0.5) is 0 Å². The average Bonchev–Trinajstić information content (AvgIpc) is 2.16. The third kappa shape index (κ3) is 1.82. The molecule has 1 rings (SSSR count). The van der Waals surface area contributed by atoms with Crippen molar-refractivity contribution in [2.24, 2.45) is 16.7 Å². The monoisotopic (exact) mass is 185 g/mol. The normalized spacial score (nSPS) is 24.4. The summed E-state index contributed by atoms with van der Waals surface area (Å²) in [6, 6.07) is -0.235. The molecule has 6 heteroatoms. The highest BCUT2D eigenvalue weighted by atomic mass is 16.2. The number of hydrogen-bond acceptors (Lipinski definition) is 3. The van der Waals surface area contributed by atoms with E-state index < -0.39 is 0 Å². The Bertz CT molecular complexity index is 227. The van der Waals surface area contributed by atoms with E-state index in [9.17, 15) is 4.79 Å². The van der Waals surface area contributed by atoms with Crippen LogP contribution in [0.3, 0.4) is 0 Å². The second-order valence-corrected chi connectivity index (χ2v) is 2.90. The van der Waals surface area contributed by atoms with Gasteiger partial charge in [-0.05, 0) is 6.42 Å². The fourth-order valence-electron chi connectivity index (χ4n) is 1.47. The van der Waals surface area contributed by atoms with Crippen molar-refractivity contribution in [1.29, 1.82) is 0 Å². The molecule has 0 aromatic carbocycles. The predicted octanol–water partition coefficient (Wildman–Crippen LogP) is -1.61. The van der Waals surface area contributed by atoms with Gasteiger partial charge in [-0.2, -0.15) is 0 Å². The van der Waals surface area contributed by atoms with Crippen molar-refractivity contribution in [2.45, 2.75) is 19.4 Å². The number of guanidine groups is 1. The van der Waals surface area contributed by atoms with Crippen LogP contribution in [0.25, 0.3) is 0 Å². The van der Waals surface area contributed by atoms with E-state index in [1.807, 2.05) is 6.92 Å². The van der Waals surface area contributed by atoms with Crippen LogP contribution < -0.4 is 16.9 Å². The quantitative estimate of drug-likeness (QED) is 0.198. The van der Waals surface area contributed by atoms with Gasteiger partial charge in [-0.1, -0.05) is 6.92 Å². The molecule has 0 spiro atoms. The maximum Gasteiger partial charge on any atom is 0.242 e. The van der Waals surface area contributed by atoms with Gasteiger partial charge in [0.1, 0.15) is 6.04 Å². The third-order valence-electron chi connectivity index (χ3n) is 2.14. The number of carbonyl (C=O) groups excluding carboxylic acids is 1. The van der Waals surface area contributed by atoms with E-state index in [-0.39, 0.29) is 17.9 Å². The van der Waals surface area contributed by atoms with E-state index in [1.165, 1.54) is 0 Å². The van der Waals surface area contributed by atoms with Crippen molar-refractivity contribution >= 4 is 11.9 Å². The Kier molecular flexibility index (Phi) is 2.94. The lowest BCUT2D eigenvalue weighted by Crippen LogP contribution is -2.58. The summed E-state index contributed by atoms with van der Waals surface area (Å²) in [5.74, 6) is 5.27. The van der Waals surface area contributed by atoms with Crippen molar-refractivity contribution in [3.8, 4) is 0 Å². The molecule has 0 bridgehead atoms. The summed E-state index contributed by atoms with van der Waals surface area (Å²) in [5.41, 5.74) is 5.55. The van der Waals surface area contributed by atoms with Crippen molar-refractivity contribution < 1.29 is 4.79 Å². The van der Waals surface area contributed by atoms with Gasteiger partial charge in [-0.15, -0.1) is 5.10 Å². The summed E-state index contributed by atoms with van der Waals surface area (Å²) in [4.78, 5) is 13.1. The number of carbonyl (C=O) groups is 1. The summed E-state index contributed by atoms with van der Waals surface area (Å²) < 4.78 is 0. The third-order valence-corrected chi connectivity index (χ3v) is 2.14. The SMILES string of the molecule is CCC1C(=O)NCCN1/C(N)=N/N. The first kappa shape index (κ1) is 9.63. The smallest absolute Gasteiger partial charge is 0.242 e. The van der Waals surface area contributed by atoms with Gasteiger partial charge < -0.3 is 21.8 Å². The summed E-state index contributed by atoms with van der Waals surface area (Å²) in [6.45, 7) is 3.18. The van der Waals surface area contributed by atoms with E-state index in [0.717, 1.165) is 0 Å². The molecule has 13 heavy (non-hydrogen) atoms. The molecule has 74 valence electrons. The lowest BCUT2D eigenvalue weighted by Gasteiger charge is -2.34. The molecule has 0 aromatic rings. The topological polar surface area (TPSA) is 96.7 Å². The van der Waals surface area contributed by atoms with Crippen molar-refractivity contribution in [3.63, 3.8) is 0 Å². The first-order valence-corrected chi connectivity index (χ1v) is 4.28. The molecule has 1 aliphatic rings.